The molecule has 0 aromatic heterocycles. The first-order valence-electron chi connectivity index (χ1n) is 5.16. The van der Waals surface area contributed by atoms with Crippen LogP contribution in [0.5, 0.6) is 5.75 Å². The smallest absolute Gasteiger partial charge is 0.123 e. The summed E-state index contributed by atoms with van der Waals surface area (Å²) in [4.78, 5) is 0. The standard InChI is InChI=1S/C13H16BrNO/c1-4-5-10(2)15-9-11-8-12(14)6-7-13(11)16-3/h1,6-8,10,15H,5,9H2,2-3H3. The lowest BCUT2D eigenvalue weighted by Gasteiger charge is -2.13. The third-order valence-electron chi connectivity index (χ3n) is 2.31. The maximum atomic E-state index is 5.29. The van der Waals surface area contributed by atoms with Crippen LogP contribution in [0.25, 0.3) is 0 Å². The van der Waals surface area contributed by atoms with Gasteiger partial charge in [-0.05, 0) is 25.1 Å². The number of nitrogens with one attached hydrogen (secondary N) is 1. The number of rotatable bonds is 5. The number of hydrogen-bond donors (Lipinski definition) is 1. The lowest BCUT2D eigenvalue weighted by molar-refractivity contribution is 0.406. The zero-order chi connectivity index (χ0) is 12.0. The van der Waals surface area contributed by atoms with Crippen LogP contribution in [-0.4, -0.2) is 13.2 Å². The van der Waals surface area contributed by atoms with Gasteiger partial charge in [-0.1, -0.05) is 15.9 Å². The molecule has 0 saturated carbocycles. The number of terminal acetylenes is 1. The fraction of sp³-hybridized carbons (Fsp3) is 0.385. The maximum absolute atomic E-state index is 5.29. The average Bonchev–Trinajstić information content (AvgIpc) is 2.27. The molecule has 0 radical (unpaired) electrons. The van der Waals surface area contributed by atoms with E-state index in [2.05, 4.69) is 40.2 Å². The SMILES string of the molecule is C#CCC(C)NCc1cc(Br)ccc1OC. The fourth-order valence-corrected chi connectivity index (χ4v) is 1.83. The van der Waals surface area contributed by atoms with Crippen LogP contribution in [0.2, 0.25) is 0 Å². The van der Waals surface area contributed by atoms with Crippen molar-refractivity contribution in [3.8, 4) is 18.1 Å². The second-order valence-corrected chi connectivity index (χ2v) is 4.56. The molecular weight excluding hydrogens is 266 g/mol. The molecule has 0 aliphatic rings. The van der Waals surface area contributed by atoms with E-state index in [1.54, 1.807) is 7.11 Å². The van der Waals surface area contributed by atoms with Gasteiger partial charge < -0.3 is 10.1 Å². The molecule has 1 unspecified atom stereocenters. The summed E-state index contributed by atoms with van der Waals surface area (Å²) < 4.78 is 6.34. The summed E-state index contributed by atoms with van der Waals surface area (Å²) >= 11 is 3.45. The Bertz CT molecular complexity index is 384. The van der Waals surface area contributed by atoms with Gasteiger partial charge in [0, 0.05) is 29.0 Å². The van der Waals surface area contributed by atoms with Gasteiger partial charge in [0.25, 0.3) is 0 Å². The van der Waals surface area contributed by atoms with Crippen LogP contribution in [0.1, 0.15) is 18.9 Å². The van der Waals surface area contributed by atoms with E-state index in [1.807, 2.05) is 12.1 Å². The van der Waals surface area contributed by atoms with Crippen LogP contribution in [-0.2, 0) is 6.54 Å². The van der Waals surface area contributed by atoms with Crippen LogP contribution in [0.15, 0.2) is 22.7 Å². The number of hydrogen-bond acceptors (Lipinski definition) is 2. The van der Waals surface area contributed by atoms with Gasteiger partial charge in [0.15, 0.2) is 0 Å². The summed E-state index contributed by atoms with van der Waals surface area (Å²) in [5, 5.41) is 3.36. The molecule has 3 heteroatoms. The van der Waals surface area contributed by atoms with E-state index >= 15 is 0 Å². The van der Waals surface area contributed by atoms with Crippen LogP contribution < -0.4 is 10.1 Å². The maximum Gasteiger partial charge on any atom is 0.123 e. The van der Waals surface area contributed by atoms with Crippen molar-refractivity contribution in [3.63, 3.8) is 0 Å². The highest BCUT2D eigenvalue weighted by molar-refractivity contribution is 9.10. The van der Waals surface area contributed by atoms with E-state index in [9.17, 15) is 0 Å². The second-order valence-electron chi connectivity index (χ2n) is 3.65. The van der Waals surface area contributed by atoms with E-state index in [-0.39, 0.29) is 0 Å². The Morgan fingerprint density at radius 2 is 2.31 bits per heavy atom. The van der Waals surface area contributed by atoms with E-state index in [1.165, 1.54) is 0 Å². The van der Waals surface area contributed by atoms with Gasteiger partial charge in [-0.2, -0.15) is 0 Å². The van der Waals surface area contributed by atoms with Gasteiger partial charge >= 0.3 is 0 Å². The number of methoxy groups -OCH3 is 1. The largest absolute Gasteiger partial charge is 0.496 e. The van der Waals surface area contributed by atoms with Crippen molar-refractivity contribution in [2.24, 2.45) is 0 Å². The average molecular weight is 282 g/mol. The van der Waals surface area contributed by atoms with Crippen LogP contribution >= 0.6 is 15.9 Å². The van der Waals surface area contributed by atoms with Crippen molar-refractivity contribution in [3.05, 3.63) is 28.2 Å². The summed E-state index contributed by atoms with van der Waals surface area (Å²) in [6.07, 6.45) is 5.99. The molecular formula is C13H16BrNO. The minimum absolute atomic E-state index is 0.314. The monoisotopic (exact) mass is 281 g/mol. The van der Waals surface area contributed by atoms with Crippen molar-refractivity contribution < 1.29 is 4.74 Å². The van der Waals surface area contributed by atoms with Gasteiger partial charge in [0.05, 0.1) is 7.11 Å². The molecule has 0 fully saturated rings. The van der Waals surface area contributed by atoms with Crippen molar-refractivity contribution in [2.75, 3.05) is 7.11 Å². The lowest BCUT2D eigenvalue weighted by atomic mass is 10.1. The molecule has 86 valence electrons. The zero-order valence-electron chi connectivity index (χ0n) is 9.59. The minimum Gasteiger partial charge on any atom is -0.496 e. The van der Waals surface area contributed by atoms with Crippen molar-refractivity contribution >= 4 is 15.9 Å². The number of halogens is 1. The van der Waals surface area contributed by atoms with E-state index < -0.39 is 0 Å². The zero-order valence-corrected chi connectivity index (χ0v) is 11.2. The van der Waals surface area contributed by atoms with Gasteiger partial charge in [0.1, 0.15) is 5.75 Å². The Hall–Kier alpha value is -0.980. The highest BCUT2D eigenvalue weighted by Crippen LogP contribution is 2.22. The second kappa shape index (κ2) is 6.57. The van der Waals surface area contributed by atoms with Crippen molar-refractivity contribution in [1.82, 2.24) is 5.32 Å². The molecule has 0 aliphatic carbocycles. The molecule has 0 heterocycles. The summed E-state index contributed by atoms with van der Waals surface area (Å²) in [5.74, 6) is 3.53. The Kier molecular flexibility index (Phi) is 5.37. The quantitative estimate of drug-likeness (QED) is 0.838. The molecule has 1 N–H and O–H groups in total. The number of benzene rings is 1. The van der Waals surface area contributed by atoms with E-state index in [0.29, 0.717) is 6.04 Å². The molecule has 0 spiro atoms. The van der Waals surface area contributed by atoms with Crippen LogP contribution in [0.3, 0.4) is 0 Å². The molecule has 1 aromatic carbocycles. The summed E-state index contributed by atoms with van der Waals surface area (Å²) in [6.45, 7) is 2.83. The van der Waals surface area contributed by atoms with Crippen LogP contribution in [0, 0.1) is 12.3 Å². The van der Waals surface area contributed by atoms with Gasteiger partial charge in [-0.15, -0.1) is 12.3 Å². The first-order chi connectivity index (χ1) is 7.67. The van der Waals surface area contributed by atoms with Gasteiger partial charge in [-0.25, -0.2) is 0 Å². The van der Waals surface area contributed by atoms with Gasteiger partial charge in [-0.3, -0.25) is 0 Å². The van der Waals surface area contributed by atoms with Crippen molar-refractivity contribution in [2.45, 2.75) is 25.9 Å². The number of ether oxygens (including phenoxy) is 1. The van der Waals surface area contributed by atoms with Crippen molar-refractivity contribution in [1.29, 1.82) is 0 Å². The molecule has 1 aromatic rings. The first kappa shape index (κ1) is 13.1. The topological polar surface area (TPSA) is 21.3 Å². The fourth-order valence-electron chi connectivity index (χ4n) is 1.42. The lowest BCUT2D eigenvalue weighted by Crippen LogP contribution is -2.25. The molecule has 1 rings (SSSR count). The third kappa shape index (κ3) is 3.88. The highest BCUT2D eigenvalue weighted by Gasteiger charge is 2.05. The summed E-state index contributed by atoms with van der Waals surface area (Å²) in [6, 6.07) is 6.28. The predicted octanol–water partition coefficient (Wildman–Crippen LogP) is 2.96. The Morgan fingerprint density at radius 3 is 2.94 bits per heavy atom. The molecule has 16 heavy (non-hydrogen) atoms. The highest BCUT2D eigenvalue weighted by atomic mass is 79.9. The first-order valence-corrected chi connectivity index (χ1v) is 5.96. The molecule has 0 bridgehead atoms. The Labute approximate surface area is 106 Å². The summed E-state index contributed by atoms with van der Waals surface area (Å²) in [5.41, 5.74) is 1.13. The van der Waals surface area contributed by atoms with E-state index in [0.717, 1.165) is 28.8 Å². The third-order valence-corrected chi connectivity index (χ3v) is 2.80. The Balaban J connectivity index is 2.65. The molecule has 2 nitrogen and oxygen atoms in total. The Morgan fingerprint density at radius 1 is 1.56 bits per heavy atom. The normalized spacial score (nSPS) is 11.9. The van der Waals surface area contributed by atoms with Crippen LogP contribution in [0.4, 0.5) is 0 Å². The molecule has 0 amide bonds. The summed E-state index contributed by atoms with van der Waals surface area (Å²) in [7, 11) is 1.68. The molecule has 0 aliphatic heterocycles. The van der Waals surface area contributed by atoms with Gasteiger partial charge in [0.2, 0.25) is 0 Å². The molecule has 1 atom stereocenters. The predicted molar refractivity (Wildman–Crippen MR) is 70.4 cm³/mol. The van der Waals surface area contributed by atoms with E-state index in [4.69, 9.17) is 11.2 Å². The molecule has 0 saturated heterocycles. The minimum atomic E-state index is 0.314.